The Bertz CT molecular complexity index is 794. The number of rotatable bonds is 33. The Labute approximate surface area is 273 Å². The van der Waals surface area contributed by atoms with Gasteiger partial charge < -0.3 is 47.9 Å². The Morgan fingerprint density at radius 1 is 0.587 bits per heavy atom. The van der Waals surface area contributed by atoms with E-state index in [0.717, 1.165) is 0 Å². The lowest BCUT2D eigenvalue weighted by Crippen LogP contribution is -2.43. The van der Waals surface area contributed by atoms with Gasteiger partial charge in [0.1, 0.15) is 6.61 Å². The molecule has 0 spiro atoms. The fraction of sp³-hybridized carbons (Fsp3) is 0.966. The van der Waals surface area contributed by atoms with Crippen LogP contribution in [-0.2, 0) is 47.4 Å². The summed E-state index contributed by atoms with van der Waals surface area (Å²) in [6.07, 6.45) is 0. The molecule has 0 aromatic carbocycles. The summed E-state index contributed by atoms with van der Waals surface area (Å²) < 4.78 is 50.0. The third-order valence-corrected chi connectivity index (χ3v) is 6.29. The molecule has 0 saturated heterocycles. The minimum atomic E-state index is -0.501. The van der Waals surface area contributed by atoms with E-state index in [4.69, 9.17) is 53.7 Å². The Kier molecular flexibility index (Phi) is 28.6. The molecule has 1 amide bonds. The molecule has 1 atom stereocenters. The summed E-state index contributed by atoms with van der Waals surface area (Å²) in [4.78, 5) is 17.7. The number of hydrogen-bond acceptors (Lipinski definition) is 12. The summed E-state index contributed by atoms with van der Waals surface area (Å²) >= 11 is 0. The molecule has 0 aromatic heterocycles. The molecule has 17 nitrogen and oxygen atoms in total. The van der Waals surface area contributed by atoms with E-state index in [1.807, 2.05) is 13.8 Å². The molecule has 268 valence electrons. The first kappa shape index (κ1) is 43.7. The van der Waals surface area contributed by atoms with Crippen molar-refractivity contribution >= 4 is 5.91 Å². The van der Waals surface area contributed by atoms with Crippen molar-refractivity contribution in [1.29, 1.82) is 0 Å². The lowest BCUT2D eigenvalue weighted by atomic mass is 9.88. The van der Waals surface area contributed by atoms with E-state index in [1.54, 1.807) is 0 Å². The SMILES string of the molecule is C[C@H](NC(=O)COCC(C)(COCCOCCOCCOCCN=[N+]=[N-])COCCOCCOCCOCCN=[N+]=[N-])C(C)(C)C. The molecule has 0 aliphatic heterocycles. The fourth-order valence-electron chi connectivity index (χ4n) is 3.27. The van der Waals surface area contributed by atoms with Crippen LogP contribution < -0.4 is 5.32 Å². The van der Waals surface area contributed by atoms with Gasteiger partial charge in [-0.2, -0.15) is 0 Å². The number of hydrogen-bond donors (Lipinski definition) is 1. The molecule has 0 aliphatic rings. The maximum atomic E-state index is 12.4. The van der Waals surface area contributed by atoms with E-state index < -0.39 is 5.41 Å². The van der Waals surface area contributed by atoms with Crippen molar-refractivity contribution in [2.45, 2.75) is 40.7 Å². The van der Waals surface area contributed by atoms with E-state index in [9.17, 15) is 4.79 Å². The third-order valence-electron chi connectivity index (χ3n) is 6.29. The second kappa shape index (κ2) is 30.1. The molecule has 0 bridgehead atoms. The van der Waals surface area contributed by atoms with Gasteiger partial charge in [-0.15, -0.1) is 0 Å². The highest BCUT2D eigenvalue weighted by atomic mass is 16.6. The molecular formula is C29H57N7O10. The maximum absolute atomic E-state index is 12.4. The Morgan fingerprint density at radius 3 is 1.26 bits per heavy atom. The molecular weight excluding hydrogens is 606 g/mol. The minimum absolute atomic E-state index is 0.00448. The van der Waals surface area contributed by atoms with Crippen LogP contribution in [0.4, 0.5) is 0 Å². The zero-order chi connectivity index (χ0) is 34.2. The predicted molar refractivity (Wildman–Crippen MR) is 171 cm³/mol. The smallest absolute Gasteiger partial charge is 0.246 e. The zero-order valence-corrected chi connectivity index (χ0v) is 28.5. The van der Waals surface area contributed by atoms with E-state index in [-0.39, 0.29) is 30.6 Å². The molecule has 17 heteroatoms. The Morgan fingerprint density at radius 2 is 0.913 bits per heavy atom. The van der Waals surface area contributed by atoms with Gasteiger partial charge in [-0.25, -0.2) is 0 Å². The van der Waals surface area contributed by atoms with Gasteiger partial charge >= 0.3 is 0 Å². The lowest BCUT2D eigenvalue weighted by Gasteiger charge is -2.30. The number of nitrogens with one attached hydrogen (secondary N) is 1. The second-order valence-corrected chi connectivity index (χ2v) is 11.6. The van der Waals surface area contributed by atoms with Gasteiger partial charge in [-0.1, -0.05) is 37.9 Å². The van der Waals surface area contributed by atoms with Crippen LogP contribution in [0.5, 0.6) is 0 Å². The number of ether oxygens (including phenoxy) is 9. The number of nitrogens with zero attached hydrogens (tertiary/aromatic N) is 6. The van der Waals surface area contributed by atoms with E-state index in [2.05, 4.69) is 46.1 Å². The van der Waals surface area contributed by atoms with Crippen LogP contribution in [0.2, 0.25) is 0 Å². The number of carbonyl (C=O) groups is 1. The average molecular weight is 664 g/mol. The predicted octanol–water partition coefficient (Wildman–Crippen LogP) is 3.31. The van der Waals surface area contributed by atoms with Crippen LogP contribution >= 0.6 is 0 Å². The van der Waals surface area contributed by atoms with Crippen molar-refractivity contribution in [1.82, 2.24) is 5.32 Å². The van der Waals surface area contributed by atoms with Gasteiger partial charge in [-0.3, -0.25) is 4.79 Å². The van der Waals surface area contributed by atoms with Gasteiger partial charge in [0, 0.05) is 34.4 Å². The third kappa shape index (κ3) is 29.2. The van der Waals surface area contributed by atoms with Gasteiger partial charge in [0.25, 0.3) is 0 Å². The minimum Gasteiger partial charge on any atom is -0.379 e. The highest BCUT2D eigenvalue weighted by Crippen LogP contribution is 2.20. The quantitative estimate of drug-likeness (QED) is 0.0468. The van der Waals surface area contributed by atoms with Crippen LogP contribution in [0.15, 0.2) is 10.2 Å². The van der Waals surface area contributed by atoms with Gasteiger partial charge in [0.15, 0.2) is 0 Å². The first-order valence-corrected chi connectivity index (χ1v) is 15.7. The van der Waals surface area contributed by atoms with E-state index in [0.29, 0.717) is 119 Å². The number of azide groups is 2. The summed E-state index contributed by atoms with van der Waals surface area (Å²) in [7, 11) is 0. The van der Waals surface area contributed by atoms with Crippen LogP contribution in [0, 0.1) is 10.8 Å². The number of carbonyl (C=O) groups excluding carboxylic acids is 1. The van der Waals surface area contributed by atoms with Gasteiger partial charge in [0.2, 0.25) is 5.91 Å². The maximum Gasteiger partial charge on any atom is 0.246 e. The lowest BCUT2D eigenvalue weighted by molar-refractivity contribution is -0.130. The van der Waals surface area contributed by atoms with Crippen molar-refractivity contribution in [3.63, 3.8) is 0 Å². The molecule has 0 aliphatic carbocycles. The highest BCUT2D eigenvalue weighted by molar-refractivity contribution is 5.77. The van der Waals surface area contributed by atoms with Crippen molar-refractivity contribution < 1.29 is 47.4 Å². The molecule has 0 aromatic rings. The second-order valence-electron chi connectivity index (χ2n) is 11.6. The topological polar surface area (TPSA) is 210 Å². The Balaban J connectivity index is 4.26. The summed E-state index contributed by atoms with van der Waals surface area (Å²) in [5.74, 6) is -0.169. The average Bonchev–Trinajstić information content (AvgIpc) is 3.01. The monoisotopic (exact) mass is 663 g/mol. The van der Waals surface area contributed by atoms with Crippen molar-refractivity contribution in [2.24, 2.45) is 21.1 Å². The molecule has 0 unspecified atom stereocenters. The van der Waals surface area contributed by atoms with Crippen molar-refractivity contribution in [3.8, 4) is 0 Å². The standard InChI is InChI=1S/C29H57N7O10/c1-26(28(2,3)4)34-27(37)22-46-25-29(5,23-44-20-18-42-16-14-40-12-10-38-8-6-32-35-30)24-45-21-19-43-17-15-41-13-11-39-9-7-33-36-31/h26H,6-25H2,1-5H3,(H,34,37)/t26-/m0/s1. The zero-order valence-electron chi connectivity index (χ0n) is 28.5. The van der Waals surface area contributed by atoms with Crippen LogP contribution in [-0.4, -0.2) is 144 Å². The highest BCUT2D eigenvalue weighted by Gasteiger charge is 2.27. The Hall–Kier alpha value is -2.27. The molecule has 46 heavy (non-hydrogen) atoms. The molecule has 0 saturated carbocycles. The summed E-state index contributed by atoms with van der Waals surface area (Å²) in [6, 6.07) is 0.00448. The first-order chi connectivity index (χ1) is 22.1. The van der Waals surface area contributed by atoms with Crippen molar-refractivity contribution in [2.75, 3.05) is 132 Å². The van der Waals surface area contributed by atoms with Crippen LogP contribution in [0.1, 0.15) is 34.6 Å². The molecule has 0 rings (SSSR count). The fourth-order valence-corrected chi connectivity index (χ4v) is 3.27. The number of amides is 1. The van der Waals surface area contributed by atoms with E-state index in [1.165, 1.54) is 0 Å². The molecule has 1 N–H and O–H groups in total. The van der Waals surface area contributed by atoms with Crippen molar-refractivity contribution in [3.05, 3.63) is 20.9 Å². The summed E-state index contributed by atoms with van der Waals surface area (Å²) in [5, 5.41) is 9.75. The first-order valence-electron chi connectivity index (χ1n) is 15.7. The van der Waals surface area contributed by atoms with E-state index >= 15 is 0 Å². The molecule has 0 heterocycles. The molecule has 0 radical (unpaired) electrons. The van der Waals surface area contributed by atoms with Gasteiger partial charge in [-0.05, 0) is 23.4 Å². The summed E-state index contributed by atoms with van der Waals surface area (Å²) in [6.45, 7) is 17.3. The largest absolute Gasteiger partial charge is 0.379 e. The van der Waals surface area contributed by atoms with Crippen LogP contribution in [0.3, 0.4) is 0 Å². The summed E-state index contributed by atoms with van der Waals surface area (Å²) in [5.41, 5.74) is 15.9. The van der Waals surface area contributed by atoms with Gasteiger partial charge in [0.05, 0.1) is 112 Å². The molecule has 0 fully saturated rings. The normalized spacial score (nSPS) is 13.4. The van der Waals surface area contributed by atoms with Crippen LogP contribution in [0.25, 0.3) is 20.9 Å².